The first-order valence-corrected chi connectivity index (χ1v) is 13.5. The summed E-state index contributed by atoms with van der Waals surface area (Å²) in [7, 11) is 1.60. The van der Waals surface area contributed by atoms with Crippen LogP contribution in [0.4, 0.5) is 5.69 Å². The van der Waals surface area contributed by atoms with E-state index in [1.165, 1.54) is 4.90 Å². The van der Waals surface area contributed by atoms with E-state index in [9.17, 15) is 14.4 Å². The Kier molecular flexibility index (Phi) is 5.45. The predicted octanol–water partition coefficient (Wildman–Crippen LogP) is 6.13. The number of methoxy groups -OCH3 is 1. The van der Waals surface area contributed by atoms with Crippen molar-refractivity contribution < 1.29 is 23.9 Å². The quantitative estimate of drug-likeness (QED) is 0.166. The monoisotopic (exact) mass is 579 g/mol. The van der Waals surface area contributed by atoms with Crippen molar-refractivity contribution in [3.63, 3.8) is 0 Å². The summed E-state index contributed by atoms with van der Waals surface area (Å²) in [4.78, 5) is 43.0. The Morgan fingerprint density at radius 3 is 2.28 bits per heavy atom. The van der Waals surface area contributed by atoms with Crippen molar-refractivity contribution in [1.82, 2.24) is 0 Å². The number of ether oxygens (including phenoxy) is 2. The van der Waals surface area contributed by atoms with Gasteiger partial charge in [0.15, 0.2) is 0 Å². The second-order valence-corrected chi connectivity index (χ2v) is 10.9. The lowest BCUT2D eigenvalue weighted by Gasteiger charge is -2.38. The Balaban J connectivity index is 1.43. The van der Waals surface area contributed by atoms with Crippen molar-refractivity contribution in [3.05, 3.63) is 107 Å². The number of imide groups is 1. The van der Waals surface area contributed by atoms with Crippen LogP contribution < -0.4 is 14.4 Å². The Hall–Kier alpha value is -4.23. The smallest absolute Gasteiger partial charge is 0.319 e. The first-order valence-electron chi connectivity index (χ1n) is 12.7. The molecule has 0 radical (unpaired) electrons. The van der Waals surface area contributed by atoms with E-state index < -0.39 is 29.6 Å². The fourth-order valence-electron chi connectivity index (χ4n) is 6.28. The van der Waals surface area contributed by atoms with Gasteiger partial charge in [-0.15, -0.1) is 0 Å². The number of esters is 1. The van der Waals surface area contributed by atoms with E-state index in [1.54, 1.807) is 31.4 Å². The van der Waals surface area contributed by atoms with Gasteiger partial charge in [-0.3, -0.25) is 14.4 Å². The van der Waals surface area contributed by atoms with Gasteiger partial charge in [0.1, 0.15) is 11.5 Å². The fraction of sp³-hybridized carbons (Fsp3) is 0.156. The average Bonchev–Trinajstić information content (AvgIpc) is 3.23. The van der Waals surface area contributed by atoms with E-state index in [-0.39, 0.29) is 11.8 Å². The maximum atomic E-state index is 14.1. The zero-order valence-electron chi connectivity index (χ0n) is 20.8. The maximum Gasteiger partial charge on any atom is 0.319 e. The highest BCUT2D eigenvalue weighted by Crippen LogP contribution is 2.55. The highest BCUT2D eigenvalue weighted by molar-refractivity contribution is 9.10. The van der Waals surface area contributed by atoms with Crippen LogP contribution in [0.15, 0.2) is 95.5 Å². The summed E-state index contributed by atoms with van der Waals surface area (Å²) in [6, 6.07) is 26.2. The number of anilines is 1. The molecule has 192 valence electrons. The minimum absolute atomic E-state index is 0.319. The number of allylic oxidation sites excluding steroid dienone is 1. The standard InChI is InChI=1S/C32H22BrNO5/c1-38-21-13-6-18(7-14-21)24-16-25-23-15-8-17-4-2-3-5-22(17)29(23)39-32(37)27(25)28-26(24)30(35)34(31(28)36)20-11-9-19(33)10-12-20/h2-16,24,26-28H,1H3/t24-,26+,27-,28-/m0/s1. The number of rotatable bonds is 3. The second-order valence-electron chi connectivity index (χ2n) is 10.0. The lowest BCUT2D eigenvalue weighted by Crippen LogP contribution is -2.42. The van der Waals surface area contributed by atoms with Gasteiger partial charge in [-0.1, -0.05) is 70.5 Å². The summed E-state index contributed by atoms with van der Waals surface area (Å²) in [5.74, 6) is -2.97. The van der Waals surface area contributed by atoms with Gasteiger partial charge in [0.25, 0.3) is 0 Å². The van der Waals surface area contributed by atoms with Crippen LogP contribution in [0.1, 0.15) is 17.0 Å². The second kappa shape index (κ2) is 8.92. The molecule has 0 saturated carbocycles. The third kappa shape index (κ3) is 3.57. The molecular formula is C32H22BrNO5. The van der Waals surface area contributed by atoms with Crippen LogP contribution in [0, 0.1) is 17.8 Å². The number of halogens is 1. The third-order valence-corrected chi connectivity index (χ3v) is 8.60. The molecule has 7 rings (SSSR count). The number of amides is 2. The van der Waals surface area contributed by atoms with Crippen molar-refractivity contribution in [3.8, 4) is 11.5 Å². The van der Waals surface area contributed by atoms with Crippen LogP contribution in [0.3, 0.4) is 0 Å². The molecule has 1 fully saturated rings. The molecule has 6 nitrogen and oxygen atoms in total. The summed E-state index contributed by atoms with van der Waals surface area (Å²) >= 11 is 3.41. The first kappa shape index (κ1) is 23.9. The van der Waals surface area contributed by atoms with Crippen molar-refractivity contribution in [2.24, 2.45) is 17.8 Å². The van der Waals surface area contributed by atoms with Gasteiger partial charge in [0.2, 0.25) is 11.8 Å². The molecule has 39 heavy (non-hydrogen) atoms. The maximum absolute atomic E-state index is 14.1. The van der Waals surface area contributed by atoms with Crippen LogP contribution in [0.2, 0.25) is 0 Å². The summed E-state index contributed by atoms with van der Waals surface area (Å²) in [5, 5.41) is 1.79. The normalized spacial score (nSPS) is 23.6. The number of fused-ring (bicyclic) bond motifs is 7. The largest absolute Gasteiger partial charge is 0.497 e. The fourth-order valence-corrected chi connectivity index (χ4v) is 6.55. The molecule has 1 aliphatic carbocycles. The average molecular weight is 580 g/mol. The van der Waals surface area contributed by atoms with Gasteiger partial charge in [0.05, 0.1) is 30.6 Å². The van der Waals surface area contributed by atoms with Crippen LogP contribution in [0.25, 0.3) is 16.3 Å². The lowest BCUT2D eigenvalue weighted by molar-refractivity contribution is -0.142. The Bertz CT molecular complexity index is 1710. The highest BCUT2D eigenvalue weighted by atomic mass is 79.9. The molecule has 7 heteroatoms. The van der Waals surface area contributed by atoms with E-state index in [1.807, 2.05) is 66.7 Å². The van der Waals surface area contributed by atoms with E-state index in [4.69, 9.17) is 9.47 Å². The van der Waals surface area contributed by atoms with Gasteiger partial charge in [-0.05, 0) is 52.9 Å². The molecule has 4 atom stereocenters. The van der Waals surface area contributed by atoms with Crippen LogP contribution >= 0.6 is 15.9 Å². The summed E-state index contributed by atoms with van der Waals surface area (Å²) < 4.78 is 12.1. The number of nitrogens with zero attached hydrogens (tertiary/aromatic N) is 1. The molecule has 0 N–H and O–H groups in total. The lowest BCUT2D eigenvalue weighted by atomic mass is 9.64. The molecule has 4 aromatic carbocycles. The van der Waals surface area contributed by atoms with Crippen molar-refractivity contribution in [1.29, 1.82) is 0 Å². The van der Waals surface area contributed by atoms with Crippen molar-refractivity contribution in [2.45, 2.75) is 5.92 Å². The first-order chi connectivity index (χ1) is 19.0. The van der Waals surface area contributed by atoms with Gasteiger partial charge in [-0.25, -0.2) is 4.90 Å². The molecule has 4 aromatic rings. The number of benzene rings is 4. The third-order valence-electron chi connectivity index (χ3n) is 8.07. The molecule has 2 amide bonds. The predicted molar refractivity (Wildman–Crippen MR) is 150 cm³/mol. The summed E-state index contributed by atoms with van der Waals surface area (Å²) in [6.07, 6.45) is 2.00. The number of hydrogen-bond donors (Lipinski definition) is 0. The number of carbonyl (C=O) groups excluding carboxylic acids is 3. The molecule has 0 unspecified atom stereocenters. The molecule has 0 aromatic heterocycles. The van der Waals surface area contributed by atoms with E-state index in [0.29, 0.717) is 17.2 Å². The minimum Gasteiger partial charge on any atom is -0.497 e. The van der Waals surface area contributed by atoms with Crippen molar-refractivity contribution >= 4 is 55.7 Å². The van der Waals surface area contributed by atoms with Crippen LogP contribution in [0.5, 0.6) is 11.5 Å². The summed E-state index contributed by atoms with van der Waals surface area (Å²) in [6.45, 7) is 0. The van der Waals surface area contributed by atoms with E-state index >= 15 is 0 Å². The summed E-state index contributed by atoms with van der Waals surface area (Å²) in [5.41, 5.74) is 2.86. The molecule has 3 aliphatic rings. The van der Waals surface area contributed by atoms with Gasteiger partial charge < -0.3 is 9.47 Å². The van der Waals surface area contributed by atoms with E-state index in [2.05, 4.69) is 15.9 Å². The van der Waals surface area contributed by atoms with Crippen molar-refractivity contribution in [2.75, 3.05) is 12.0 Å². The highest BCUT2D eigenvalue weighted by Gasteiger charge is 2.60. The Morgan fingerprint density at radius 2 is 1.54 bits per heavy atom. The molecule has 2 heterocycles. The van der Waals surface area contributed by atoms with Gasteiger partial charge in [-0.2, -0.15) is 0 Å². The molecular weight excluding hydrogens is 558 g/mol. The van der Waals surface area contributed by atoms with Crippen LogP contribution in [-0.2, 0) is 14.4 Å². The van der Waals surface area contributed by atoms with Gasteiger partial charge in [0, 0.05) is 21.3 Å². The molecule has 0 spiro atoms. The SMILES string of the molecule is COc1ccc([C@@H]2C=C3c4ccc5ccccc5c4OC(=O)[C@@H]3[C@H]3C(=O)N(c4ccc(Br)cc4)C(=O)[C@@H]32)cc1. The Morgan fingerprint density at radius 1 is 0.821 bits per heavy atom. The zero-order chi connectivity index (χ0) is 26.8. The van der Waals surface area contributed by atoms with Crippen LogP contribution in [-0.4, -0.2) is 24.9 Å². The molecule has 2 aliphatic heterocycles. The topological polar surface area (TPSA) is 72.9 Å². The number of hydrogen-bond acceptors (Lipinski definition) is 5. The Labute approximate surface area is 233 Å². The number of carbonyl (C=O) groups is 3. The zero-order valence-corrected chi connectivity index (χ0v) is 22.4. The molecule has 1 saturated heterocycles. The van der Waals surface area contributed by atoms with E-state index in [0.717, 1.165) is 31.9 Å². The molecule has 0 bridgehead atoms. The van der Waals surface area contributed by atoms with Gasteiger partial charge >= 0.3 is 5.97 Å². The minimum atomic E-state index is -0.889.